The zero-order valence-corrected chi connectivity index (χ0v) is 25.6. The van der Waals surface area contributed by atoms with Gasteiger partial charge in [-0.25, -0.2) is 4.79 Å². The van der Waals surface area contributed by atoms with Crippen molar-refractivity contribution in [1.29, 1.82) is 5.41 Å². The van der Waals surface area contributed by atoms with E-state index in [1.54, 1.807) is 4.90 Å². The summed E-state index contributed by atoms with van der Waals surface area (Å²) in [4.78, 5) is 28.3. The highest BCUT2D eigenvalue weighted by molar-refractivity contribution is 9.10. The Morgan fingerprint density at radius 2 is 1.68 bits per heavy atom. The molecule has 8 heteroatoms. The zero-order valence-electron chi connectivity index (χ0n) is 22.4. The predicted octanol–water partition coefficient (Wildman–Crippen LogP) is 6.57. The molecular weight excluding hydrogens is 596 g/mol. The van der Waals surface area contributed by atoms with Crippen molar-refractivity contribution in [3.05, 3.63) is 44.9 Å². The lowest BCUT2D eigenvalue weighted by atomic mass is 9.78. The van der Waals surface area contributed by atoms with Crippen LogP contribution in [0.3, 0.4) is 0 Å². The maximum absolute atomic E-state index is 13.0. The van der Waals surface area contributed by atoms with Crippen LogP contribution in [0.15, 0.2) is 28.3 Å². The summed E-state index contributed by atoms with van der Waals surface area (Å²) in [6.07, 6.45) is 10.5. The molecule has 2 saturated heterocycles. The molecule has 2 heterocycles. The summed E-state index contributed by atoms with van der Waals surface area (Å²) in [6.45, 7) is 9.40. The quantitative estimate of drug-likeness (QED) is 0.222. The molecule has 0 saturated carbocycles. The number of halogens is 2. The summed E-state index contributed by atoms with van der Waals surface area (Å²) in [5.41, 5.74) is 11.1. The van der Waals surface area contributed by atoms with E-state index in [1.165, 1.54) is 33.0 Å². The molecule has 37 heavy (non-hydrogen) atoms. The summed E-state index contributed by atoms with van der Waals surface area (Å²) < 4.78 is 1.24. The normalized spacial score (nSPS) is 21.6. The lowest BCUT2D eigenvalue weighted by molar-refractivity contribution is -0.134. The highest BCUT2D eigenvalue weighted by Gasteiger charge is 2.32. The molecule has 0 spiro atoms. The lowest BCUT2D eigenvalue weighted by Gasteiger charge is -2.37. The van der Waals surface area contributed by atoms with Gasteiger partial charge < -0.3 is 20.9 Å². The van der Waals surface area contributed by atoms with Gasteiger partial charge >= 0.3 is 6.03 Å². The van der Waals surface area contributed by atoms with E-state index in [4.69, 9.17) is 11.1 Å². The molecule has 1 aromatic rings. The highest BCUT2D eigenvalue weighted by Crippen LogP contribution is 2.42. The Morgan fingerprint density at radius 1 is 1.08 bits per heavy atom. The van der Waals surface area contributed by atoms with Gasteiger partial charge in [-0.2, -0.15) is 0 Å². The van der Waals surface area contributed by atoms with E-state index in [-0.39, 0.29) is 16.8 Å². The molecule has 0 bridgehead atoms. The highest BCUT2D eigenvalue weighted by atomic mass is 79.9. The largest absolute Gasteiger partial charge is 0.351 e. The zero-order chi connectivity index (χ0) is 27.1. The third-order valence-corrected chi connectivity index (χ3v) is 8.89. The summed E-state index contributed by atoms with van der Waals surface area (Å²) in [7, 11) is 0. The number of nitrogens with zero attached hydrogens (tertiary/aromatic N) is 2. The number of benzene rings is 1. The SMILES string of the molecule is CC(Br)C=N.CC1=CC(C2CCN(C(=O)CC3CCN(C(N)=O)CC3)CC2)c2c(Br)cc(C)cc2CC1. The summed E-state index contributed by atoms with van der Waals surface area (Å²) >= 11 is 7.00. The van der Waals surface area contributed by atoms with Crippen molar-refractivity contribution < 1.29 is 9.59 Å². The number of aryl methyl sites for hydroxylation is 2. The number of allylic oxidation sites excluding steroid dienone is 2. The van der Waals surface area contributed by atoms with Gasteiger partial charge in [0.15, 0.2) is 0 Å². The molecule has 4 rings (SSSR count). The second-order valence-electron chi connectivity index (χ2n) is 10.9. The number of carbonyl (C=O) groups is 2. The van der Waals surface area contributed by atoms with E-state index in [0.717, 1.165) is 51.6 Å². The van der Waals surface area contributed by atoms with Crippen LogP contribution in [0.2, 0.25) is 0 Å². The van der Waals surface area contributed by atoms with E-state index in [0.29, 0.717) is 37.3 Å². The van der Waals surface area contributed by atoms with Crippen LogP contribution in [-0.4, -0.2) is 59.0 Å². The Kier molecular flexibility index (Phi) is 11.2. The molecule has 3 aliphatic rings. The smallest absolute Gasteiger partial charge is 0.314 e. The Labute approximate surface area is 239 Å². The maximum atomic E-state index is 13.0. The van der Waals surface area contributed by atoms with E-state index in [9.17, 15) is 9.59 Å². The maximum Gasteiger partial charge on any atom is 0.314 e. The first-order valence-corrected chi connectivity index (χ1v) is 15.2. The third kappa shape index (κ3) is 8.41. The van der Waals surface area contributed by atoms with E-state index in [2.05, 4.69) is 68.8 Å². The van der Waals surface area contributed by atoms with Gasteiger partial charge in [-0.05, 0) is 93.9 Å². The number of amides is 3. The molecule has 1 aliphatic carbocycles. The molecule has 2 fully saturated rings. The van der Waals surface area contributed by atoms with Gasteiger partial charge in [0.05, 0.1) is 0 Å². The first-order valence-electron chi connectivity index (χ1n) is 13.5. The van der Waals surface area contributed by atoms with Crippen LogP contribution in [0.1, 0.15) is 75.0 Å². The molecule has 204 valence electrons. The van der Waals surface area contributed by atoms with E-state index < -0.39 is 0 Å². The van der Waals surface area contributed by atoms with Crippen molar-refractivity contribution in [1.82, 2.24) is 9.80 Å². The number of urea groups is 1. The van der Waals surface area contributed by atoms with Crippen LogP contribution in [0.5, 0.6) is 0 Å². The Hall–Kier alpha value is -1.67. The standard InChI is InChI=1S/C26H36BrN3O2.C3H6BrN/c1-17-3-4-21-13-18(2)15-23(27)25(21)22(14-17)20-7-11-29(12-8-20)24(31)16-19-5-9-30(10-6-19)26(28)32;1-3(4)2-5/h13-15,19-20,22H,3-12,16H2,1-2H3,(H2,28,32);2-3,5H,1H3. The number of nitrogens with two attached hydrogens (primary N) is 1. The van der Waals surface area contributed by atoms with Gasteiger partial charge in [0.25, 0.3) is 0 Å². The van der Waals surface area contributed by atoms with Crippen molar-refractivity contribution in [2.24, 2.45) is 17.6 Å². The van der Waals surface area contributed by atoms with Crippen molar-refractivity contribution in [2.45, 2.75) is 76.5 Å². The number of carbonyl (C=O) groups excluding carboxylic acids is 2. The van der Waals surface area contributed by atoms with Crippen molar-refractivity contribution in [2.75, 3.05) is 26.2 Å². The van der Waals surface area contributed by atoms with Gasteiger partial charge in [-0.1, -0.05) is 49.6 Å². The molecule has 3 amide bonds. The molecule has 2 unspecified atom stereocenters. The molecular formula is C29H42Br2N4O2. The monoisotopic (exact) mass is 636 g/mol. The topological polar surface area (TPSA) is 90.5 Å². The van der Waals surface area contributed by atoms with E-state index >= 15 is 0 Å². The van der Waals surface area contributed by atoms with Crippen molar-refractivity contribution in [3.8, 4) is 0 Å². The van der Waals surface area contributed by atoms with Gasteiger partial charge in [0.1, 0.15) is 0 Å². The molecule has 6 nitrogen and oxygen atoms in total. The summed E-state index contributed by atoms with van der Waals surface area (Å²) in [6, 6.07) is 4.27. The second kappa shape index (κ2) is 13.9. The first kappa shape index (κ1) is 29.9. The number of primary amides is 1. The fraction of sp³-hybridized carbons (Fsp3) is 0.621. The first-order chi connectivity index (χ1) is 17.6. The van der Waals surface area contributed by atoms with Crippen molar-refractivity contribution in [3.63, 3.8) is 0 Å². The van der Waals surface area contributed by atoms with Crippen LogP contribution in [-0.2, 0) is 11.2 Å². The van der Waals surface area contributed by atoms with Crippen LogP contribution in [0, 0.1) is 24.2 Å². The number of hydrogen-bond acceptors (Lipinski definition) is 3. The number of fused-ring (bicyclic) bond motifs is 1. The molecule has 1 aromatic carbocycles. The third-order valence-electron chi connectivity index (χ3n) is 7.96. The Balaban J connectivity index is 0.000000695. The minimum absolute atomic E-state index is 0.238. The molecule has 2 atom stereocenters. The molecule has 2 aliphatic heterocycles. The number of nitrogens with one attached hydrogen (secondary N) is 1. The number of piperidine rings is 2. The van der Waals surface area contributed by atoms with Crippen molar-refractivity contribution >= 4 is 50.0 Å². The Bertz CT molecular complexity index is 994. The minimum atomic E-state index is -0.344. The predicted molar refractivity (Wildman–Crippen MR) is 159 cm³/mol. The number of hydrogen-bond donors (Lipinski definition) is 2. The van der Waals surface area contributed by atoms with Crippen LogP contribution < -0.4 is 5.73 Å². The molecule has 3 N–H and O–H groups in total. The second-order valence-corrected chi connectivity index (χ2v) is 13.2. The average molecular weight is 638 g/mol. The Morgan fingerprint density at radius 3 is 2.24 bits per heavy atom. The molecule has 0 radical (unpaired) electrons. The number of rotatable bonds is 4. The van der Waals surface area contributed by atoms with Crippen LogP contribution in [0.4, 0.5) is 4.79 Å². The molecule has 0 aromatic heterocycles. The summed E-state index contributed by atoms with van der Waals surface area (Å²) in [5, 5.41) is 6.49. The fourth-order valence-corrected chi connectivity index (χ4v) is 6.70. The van der Waals surface area contributed by atoms with E-state index in [1.807, 2.05) is 6.92 Å². The number of likely N-dealkylation sites (tertiary alicyclic amines) is 2. The number of alkyl halides is 1. The fourth-order valence-electron chi connectivity index (χ4n) is 5.82. The minimum Gasteiger partial charge on any atom is -0.351 e. The van der Waals surface area contributed by atoms with Gasteiger partial charge in [0.2, 0.25) is 5.91 Å². The van der Waals surface area contributed by atoms with Gasteiger partial charge in [-0.15, -0.1) is 0 Å². The van der Waals surface area contributed by atoms with Crippen LogP contribution >= 0.6 is 31.9 Å². The van der Waals surface area contributed by atoms with Crippen LogP contribution in [0.25, 0.3) is 0 Å². The lowest BCUT2D eigenvalue weighted by Crippen LogP contribution is -2.44. The average Bonchev–Trinajstić information content (AvgIpc) is 3.03. The van der Waals surface area contributed by atoms with Gasteiger partial charge in [-0.3, -0.25) is 4.79 Å². The summed E-state index contributed by atoms with van der Waals surface area (Å²) in [5.74, 6) is 1.65. The van der Waals surface area contributed by atoms with Gasteiger partial charge in [0, 0.05) is 54.0 Å².